The van der Waals surface area contributed by atoms with Gasteiger partial charge in [0.1, 0.15) is 11.5 Å². The predicted molar refractivity (Wildman–Crippen MR) is 70.0 cm³/mol. The lowest BCUT2D eigenvalue weighted by Gasteiger charge is -2.15. The van der Waals surface area contributed by atoms with E-state index < -0.39 is 33.1 Å². The number of sulfonamides is 1. The first-order valence-electron chi connectivity index (χ1n) is 5.82. The molecule has 0 heterocycles. The predicted octanol–water partition coefficient (Wildman–Crippen LogP) is 0.272. The van der Waals surface area contributed by atoms with Crippen LogP contribution in [0, 0.1) is 0 Å². The molecular weight excluding hydrogens is 286 g/mol. The highest BCUT2D eigenvalue weighted by atomic mass is 32.2. The molecule has 0 bridgehead atoms. The fourth-order valence-corrected chi connectivity index (χ4v) is 2.22. The molecule has 20 heavy (non-hydrogen) atoms. The molecule has 0 amide bonds. The molecule has 1 aliphatic carbocycles. The number of Topliss-reactive ketones (excluding diaryl/α,β-unsaturated/α-hetero) is 2. The summed E-state index contributed by atoms with van der Waals surface area (Å²) in [6.07, 6.45) is 1.85. The van der Waals surface area contributed by atoms with E-state index in [1.54, 1.807) is 13.0 Å². The average molecular weight is 301 g/mol. The van der Waals surface area contributed by atoms with E-state index in [-0.39, 0.29) is 12.2 Å². The number of hydrogen-bond acceptors (Lipinski definition) is 6. The van der Waals surface area contributed by atoms with Crippen LogP contribution < -0.4 is 5.14 Å². The van der Waals surface area contributed by atoms with Crippen LogP contribution in [0.4, 0.5) is 0 Å². The molecule has 0 unspecified atom stereocenters. The van der Waals surface area contributed by atoms with E-state index in [4.69, 9.17) is 0 Å². The van der Waals surface area contributed by atoms with Gasteiger partial charge in [-0.2, -0.15) is 0 Å². The summed E-state index contributed by atoms with van der Waals surface area (Å²) in [6, 6.07) is 0. The van der Waals surface area contributed by atoms with Crippen molar-refractivity contribution in [3.8, 4) is 0 Å². The summed E-state index contributed by atoms with van der Waals surface area (Å²) in [7, 11) is -4.62. The van der Waals surface area contributed by atoms with Gasteiger partial charge in [-0.1, -0.05) is 5.57 Å². The Morgan fingerprint density at radius 3 is 2.45 bits per heavy atom. The summed E-state index contributed by atoms with van der Waals surface area (Å²) >= 11 is 0. The van der Waals surface area contributed by atoms with Gasteiger partial charge in [0, 0.05) is 6.42 Å². The number of carbonyl (C=O) groups excluding carboxylic acids is 3. The van der Waals surface area contributed by atoms with Gasteiger partial charge in [-0.25, -0.2) is 13.6 Å². The Labute approximate surface area is 116 Å². The molecule has 8 heteroatoms. The molecular formula is C12H15NO6S. The summed E-state index contributed by atoms with van der Waals surface area (Å²) in [5.41, 5.74) is 1.24. The van der Waals surface area contributed by atoms with Gasteiger partial charge >= 0.3 is 5.12 Å². The molecule has 0 aromatic heterocycles. The first kappa shape index (κ1) is 16.3. The maximum atomic E-state index is 11.7. The monoisotopic (exact) mass is 301 g/mol. The lowest BCUT2D eigenvalue weighted by molar-refractivity contribution is -0.135. The van der Waals surface area contributed by atoms with Gasteiger partial charge in [0.25, 0.3) is 10.0 Å². The van der Waals surface area contributed by atoms with Gasteiger partial charge in [-0.05, 0) is 31.4 Å². The SMILES string of the molecule is CC1=C(CC(=O)CC(=O)C(=O)S(N)(=O)=O)C(O)=CCC1. The minimum atomic E-state index is -4.62. The Bertz CT molecular complexity index is 626. The summed E-state index contributed by atoms with van der Waals surface area (Å²) < 4.78 is 21.4. The molecule has 0 saturated carbocycles. The fraction of sp³-hybridized carbons (Fsp3) is 0.417. The second-order valence-electron chi connectivity index (χ2n) is 4.53. The lowest BCUT2D eigenvalue weighted by Crippen LogP contribution is -2.31. The van der Waals surface area contributed by atoms with Gasteiger partial charge in [0.05, 0.1) is 6.42 Å². The van der Waals surface area contributed by atoms with E-state index in [0.29, 0.717) is 18.4 Å². The first-order valence-corrected chi connectivity index (χ1v) is 7.37. The number of allylic oxidation sites excluding steroid dienone is 3. The molecule has 0 aliphatic heterocycles. The van der Waals surface area contributed by atoms with E-state index in [1.807, 2.05) is 0 Å². The zero-order valence-corrected chi connectivity index (χ0v) is 11.7. The summed E-state index contributed by atoms with van der Waals surface area (Å²) in [4.78, 5) is 34.0. The van der Waals surface area contributed by atoms with Crippen molar-refractivity contribution in [1.82, 2.24) is 0 Å². The van der Waals surface area contributed by atoms with Gasteiger partial charge in [-0.15, -0.1) is 0 Å². The Morgan fingerprint density at radius 1 is 1.35 bits per heavy atom. The molecule has 1 rings (SSSR count). The third-order valence-corrected chi connectivity index (χ3v) is 3.64. The second kappa shape index (κ2) is 6.10. The highest BCUT2D eigenvalue weighted by Gasteiger charge is 2.28. The number of rotatable bonds is 5. The van der Waals surface area contributed by atoms with Crippen LogP contribution in [0.15, 0.2) is 23.0 Å². The van der Waals surface area contributed by atoms with Gasteiger partial charge in [0.2, 0.25) is 5.78 Å². The number of ketones is 2. The number of carbonyl (C=O) groups is 3. The Hall–Kier alpha value is -1.80. The largest absolute Gasteiger partial charge is 0.508 e. The molecule has 1 aliphatic rings. The highest BCUT2D eigenvalue weighted by Crippen LogP contribution is 2.26. The molecule has 7 nitrogen and oxygen atoms in total. The third-order valence-electron chi connectivity index (χ3n) is 2.90. The molecule has 0 fully saturated rings. The fourth-order valence-electron chi connectivity index (χ4n) is 1.83. The van der Waals surface area contributed by atoms with Crippen molar-refractivity contribution in [2.24, 2.45) is 5.14 Å². The van der Waals surface area contributed by atoms with Crippen LogP contribution in [0.5, 0.6) is 0 Å². The molecule has 0 radical (unpaired) electrons. The van der Waals surface area contributed by atoms with Crippen molar-refractivity contribution in [1.29, 1.82) is 0 Å². The zero-order valence-electron chi connectivity index (χ0n) is 10.9. The van der Waals surface area contributed by atoms with Crippen LogP contribution in [0.25, 0.3) is 0 Å². The standard InChI is InChI=1S/C12H15NO6S/c1-7-3-2-4-10(15)9(7)5-8(14)6-11(16)12(17)20(13,18)19/h4,15H,2-3,5-6H2,1H3,(H2,13,18,19). The van der Waals surface area contributed by atoms with Crippen molar-refractivity contribution in [2.45, 2.75) is 32.6 Å². The molecule has 0 saturated heterocycles. The van der Waals surface area contributed by atoms with Crippen LogP contribution >= 0.6 is 0 Å². The van der Waals surface area contributed by atoms with Crippen molar-refractivity contribution in [2.75, 3.05) is 0 Å². The van der Waals surface area contributed by atoms with Gasteiger partial charge in [0.15, 0.2) is 0 Å². The van der Waals surface area contributed by atoms with Gasteiger partial charge < -0.3 is 5.11 Å². The van der Waals surface area contributed by atoms with Crippen LogP contribution in [0.2, 0.25) is 0 Å². The van der Waals surface area contributed by atoms with Crippen molar-refractivity contribution < 1.29 is 27.9 Å². The van der Waals surface area contributed by atoms with Crippen molar-refractivity contribution in [3.05, 3.63) is 23.0 Å². The minimum Gasteiger partial charge on any atom is -0.508 e. The number of aliphatic hydroxyl groups is 1. The maximum absolute atomic E-state index is 11.7. The van der Waals surface area contributed by atoms with E-state index in [1.165, 1.54) is 0 Å². The van der Waals surface area contributed by atoms with Crippen LogP contribution in [-0.4, -0.2) is 30.2 Å². The smallest absolute Gasteiger partial charge is 0.327 e. The quantitative estimate of drug-likeness (QED) is 0.553. The second-order valence-corrected chi connectivity index (χ2v) is 6.00. The van der Waals surface area contributed by atoms with E-state index >= 15 is 0 Å². The molecule has 3 N–H and O–H groups in total. The topological polar surface area (TPSA) is 132 Å². The molecule has 0 aromatic rings. The Balaban J connectivity index is 2.73. The summed E-state index contributed by atoms with van der Waals surface area (Å²) in [5.74, 6) is -2.04. The molecule has 0 atom stereocenters. The Kier molecular flexibility index (Phi) is 4.96. The minimum absolute atomic E-state index is 0.0210. The van der Waals surface area contributed by atoms with Crippen LogP contribution in [0.3, 0.4) is 0 Å². The molecule has 0 aromatic carbocycles. The number of nitrogens with two attached hydrogens (primary N) is 1. The van der Waals surface area contributed by atoms with E-state index in [9.17, 15) is 27.9 Å². The number of aliphatic hydroxyl groups excluding tert-OH is 1. The van der Waals surface area contributed by atoms with Crippen molar-refractivity contribution in [3.63, 3.8) is 0 Å². The normalized spacial score (nSPS) is 15.8. The summed E-state index contributed by atoms with van der Waals surface area (Å²) in [5, 5.41) is 12.4. The van der Waals surface area contributed by atoms with Crippen LogP contribution in [0.1, 0.15) is 32.6 Å². The first-order chi connectivity index (χ1) is 9.12. The van der Waals surface area contributed by atoms with E-state index in [0.717, 1.165) is 5.57 Å². The van der Waals surface area contributed by atoms with Gasteiger partial charge in [-0.3, -0.25) is 14.4 Å². The van der Waals surface area contributed by atoms with Crippen LogP contribution in [-0.2, 0) is 24.4 Å². The average Bonchev–Trinajstić information content (AvgIpc) is 2.31. The summed E-state index contributed by atoms with van der Waals surface area (Å²) in [6.45, 7) is 1.75. The maximum Gasteiger partial charge on any atom is 0.327 e. The van der Waals surface area contributed by atoms with Crippen molar-refractivity contribution >= 4 is 26.7 Å². The lowest BCUT2D eigenvalue weighted by atomic mass is 9.92. The number of hydrogen-bond donors (Lipinski definition) is 2. The Morgan fingerprint density at radius 2 is 1.95 bits per heavy atom. The third kappa shape index (κ3) is 4.10. The number of primary sulfonamides is 1. The zero-order chi connectivity index (χ0) is 15.5. The molecule has 110 valence electrons. The van der Waals surface area contributed by atoms with E-state index in [2.05, 4.69) is 5.14 Å². The molecule has 0 spiro atoms. The highest BCUT2D eigenvalue weighted by molar-refractivity contribution is 8.06.